The number of amides is 1. The number of ether oxygens (including phenoxy) is 1. The van der Waals surface area contributed by atoms with Gasteiger partial charge in [-0.1, -0.05) is 29.8 Å². The zero-order valence-corrected chi connectivity index (χ0v) is 12.2. The molecule has 0 radical (unpaired) electrons. The monoisotopic (exact) mass is 276 g/mol. The molecule has 1 fully saturated rings. The highest BCUT2D eigenvalue weighted by atomic mass is 16.5. The van der Waals surface area contributed by atoms with Crippen LogP contribution in [-0.4, -0.2) is 50.2 Å². The van der Waals surface area contributed by atoms with E-state index in [9.17, 15) is 4.79 Å². The minimum Gasteiger partial charge on any atom is -0.379 e. The van der Waals surface area contributed by atoms with Gasteiger partial charge in [-0.25, -0.2) is 0 Å². The van der Waals surface area contributed by atoms with Crippen molar-refractivity contribution in [3.63, 3.8) is 0 Å². The van der Waals surface area contributed by atoms with Crippen molar-refractivity contribution in [3.8, 4) is 0 Å². The highest BCUT2D eigenvalue weighted by Crippen LogP contribution is 2.04. The van der Waals surface area contributed by atoms with E-state index < -0.39 is 0 Å². The molecule has 1 aromatic carbocycles. The van der Waals surface area contributed by atoms with Crippen LogP contribution in [0.15, 0.2) is 24.3 Å². The Kier molecular flexibility index (Phi) is 6.02. The fourth-order valence-corrected chi connectivity index (χ4v) is 2.43. The smallest absolute Gasteiger partial charge is 0.224 e. The lowest BCUT2D eigenvalue weighted by Crippen LogP contribution is -2.38. The van der Waals surface area contributed by atoms with Crippen molar-refractivity contribution >= 4 is 5.91 Å². The molecule has 0 atom stereocenters. The third kappa shape index (κ3) is 5.31. The Bertz CT molecular complexity index is 428. The Morgan fingerprint density at radius 1 is 1.35 bits per heavy atom. The predicted molar refractivity (Wildman–Crippen MR) is 79.8 cm³/mol. The summed E-state index contributed by atoms with van der Waals surface area (Å²) in [7, 11) is 0. The van der Waals surface area contributed by atoms with Gasteiger partial charge in [0.1, 0.15) is 0 Å². The number of nitrogens with zero attached hydrogens (tertiary/aromatic N) is 1. The van der Waals surface area contributed by atoms with Crippen LogP contribution in [0.5, 0.6) is 0 Å². The predicted octanol–water partition coefficient (Wildman–Crippen LogP) is 1.38. The average molecular weight is 276 g/mol. The third-order valence-corrected chi connectivity index (χ3v) is 3.52. The number of morpholine rings is 1. The van der Waals surface area contributed by atoms with Crippen molar-refractivity contribution in [2.24, 2.45) is 0 Å². The molecule has 1 amide bonds. The molecule has 1 saturated heterocycles. The molecule has 110 valence electrons. The first-order valence-corrected chi connectivity index (χ1v) is 7.36. The molecule has 0 saturated carbocycles. The molecule has 1 aliphatic heterocycles. The van der Waals surface area contributed by atoms with Gasteiger partial charge in [-0.2, -0.15) is 0 Å². The zero-order chi connectivity index (χ0) is 14.2. The van der Waals surface area contributed by atoms with Gasteiger partial charge in [-0.3, -0.25) is 9.69 Å². The Morgan fingerprint density at radius 3 is 2.90 bits per heavy atom. The van der Waals surface area contributed by atoms with Crippen LogP contribution in [0.3, 0.4) is 0 Å². The van der Waals surface area contributed by atoms with E-state index in [2.05, 4.69) is 16.3 Å². The molecule has 1 aromatic rings. The Balaban J connectivity index is 1.60. The van der Waals surface area contributed by atoms with Crippen LogP contribution >= 0.6 is 0 Å². The van der Waals surface area contributed by atoms with E-state index in [1.165, 1.54) is 5.56 Å². The van der Waals surface area contributed by atoms with Gasteiger partial charge in [-0.05, 0) is 25.5 Å². The Hall–Kier alpha value is -1.39. The molecule has 20 heavy (non-hydrogen) atoms. The summed E-state index contributed by atoms with van der Waals surface area (Å²) < 4.78 is 5.31. The molecular formula is C16H24N2O2. The second-order valence-electron chi connectivity index (χ2n) is 5.32. The third-order valence-electron chi connectivity index (χ3n) is 3.52. The van der Waals surface area contributed by atoms with E-state index in [0.29, 0.717) is 6.42 Å². The van der Waals surface area contributed by atoms with E-state index in [4.69, 9.17) is 4.74 Å². The Labute approximate surface area is 121 Å². The topological polar surface area (TPSA) is 41.6 Å². The van der Waals surface area contributed by atoms with Gasteiger partial charge in [0.25, 0.3) is 0 Å². The van der Waals surface area contributed by atoms with Crippen LogP contribution in [0.25, 0.3) is 0 Å². The largest absolute Gasteiger partial charge is 0.379 e. The van der Waals surface area contributed by atoms with Crippen LogP contribution < -0.4 is 5.32 Å². The van der Waals surface area contributed by atoms with E-state index in [1.807, 2.05) is 25.1 Å². The fourth-order valence-electron chi connectivity index (χ4n) is 2.43. The molecule has 2 rings (SSSR count). The van der Waals surface area contributed by atoms with Gasteiger partial charge >= 0.3 is 0 Å². The summed E-state index contributed by atoms with van der Waals surface area (Å²) >= 11 is 0. The highest BCUT2D eigenvalue weighted by molar-refractivity contribution is 5.78. The van der Waals surface area contributed by atoms with Gasteiger partial charge in [0.15, 0.2) is 0 Å². The molecule has 0 spiro atoms. The SMILES string of the molecule is Cc1cccc(CC(=O)NCCCN2CCOCC2)c1. The van der Waals surface area contributed by atoms with Crippen LogP contribution in [-0.2, 0) is 16.0 Å². The summed E-state index contributed by atoms with van der Waals surface area (Å²) in [6.45, 7) is 7.52. The van der Waals surface area contributed by atoms with Crippen LogP contribution in [0, 0.1) is 6.92 Å². The van der Waals surface area contributed by atoms with Gasteiger partial charge in [0.2, 0.25) is 5.91 Å². The molecular weight excluding hydrogens is 252 g/mol. The van der Waals surface area contributed by atoms with Gasteiger partial charge in [-0.15, -0.1) is 0 Å². The number of nitrogens with one attached hydrogen (secondary N) is 1. The zero-order valence-electron chi connectivity index (χ0n) is 12.2. The van der Waals surface area contributed by atoms with Crippen molar-refractivity contribution in [2.45, 2.75) is 19.8 Å². The highest BCUT2D eigenvalue weighted by Gasteiger charge is 2.09. The second kappa shape index (κ2) is 8.02. The quantitative estimate of drug-likeness (QED) is 0.798. The van der Waals surface area contributed by atoms with Crippen molar-refractivity contribution < 1.29 is 9.53 Å². The van der Waals surface area contributed by atoms with Gasteiger partial charge in [0, 0.05) is 19.6 Å². The van der Waals surface area contributed by atoms with E-state index in [1.54, 1.807) is 0 Å². The molecule has 0 bridgehead atoms. The summed E-state index contributed by atoms with van der Waals surface area (Å²) in [5.41, 5.74) is 2.28. The molecule has 1 aliphatic rings. The molecule has 1 heterocycles. The summed E-state index contributed by atoms with van der Waals surface area (Å²) in [6, 6.07) is 8.10. The van der Waals surface area contributed by atoms with Gasteiger partial charge < -0.3 is 10.1 Å². The lowest BCUT2D eigenvalue weighted by Gasteiger charge is -2.26. The summed E-state index contributed by atoms with van der Waals surface area (Å²) in [6.07, 6.45) is 1.47. The lowest BCUT2D eigenvalue weighted by atomic mass is 10.1. The van der Waals surface area contributed by atoms with Crippen LogP contribution in [0.4, 0.5) is 0 Å². The number of hydrogen-bond acceptors (Lipinski definition) is 3. The number of carbonyl (C=O) groups is 1. The standard InChI is InChI=1S/C16H24N2O2/c1-14-4-2-5-15(12-14)13-16(19)17-6-3-7-18-8-10-20-11-9-18/h2,4-5,12H,3,6-11,13H2,1H3,(H,17,19). The first-order chi connectivity index (χ1) is 9.74. The number of benzene rings is 1. The molecule has 0 aliphatic carbocycles. The number of rotatable bonds is 6. The molecule has 0 unspecified atom stereocenters. The van der Waals surface area contributed by atoms with Crippen molar-refractivity contribution in [2.75, 3.05) is 39.4 Å². The van der Waals surface area contributed by atoms with Crippen molar-refractivity contribution in [3.05, 3.63) is 35.4 Å². The second-order valence-corrected chi connectivity index (χ2v) is 5.32. The maximum atomic E-state index is 11.8. The van der Waals surface area contributed by atoms with Gasteiger partial charge in [0.05, 0.1) is 19.6 Å². The molecule has 4 nitrogen and oxygen atoms in total. The first kappa shape index (κ1) is 15.0. The summed E-state index contributed by atoms with van der Waals surface area (Å²) in [5.74, 6) is 0.109. The molecule has 0 aromatic heterocycles. The Morgan fingerprint density at radius 2 is 2.15 bits per heavy atom. The number of hydrogen-bond donors (Lipinski definition) is 1. The lowest BCUT2D eigenvalue weighted by molar-refractivity contribution is -0.120. The van der Waals surface area contributed by atoms with Crippen molar-refractivity contribution in [1.29, 1.82) is 0 Å². The van der Waals surface area contributed by atoms with Crippen LogP contribution in [0.2, 0.25) is 0 Å². The van der Waals surface area contributed by atoms with E-state index >= 15 is 0 Å². The summed E-state index contributed by atoms with van der Waals surface area (Å²) in [5, 5.41) is 2.99. The normalized spacial score (nSPS) is 16.1. The molecule has 4 heteroatoms. The molecule has 1 N–H and O–H groups in total. The minimum absolute atomic E-state index is 0.109. The summed E-state index contributed by atoms with van der Waals surface area (Å²) in [4.78, 5) is 14.2. The maximum absolute atomic E-state index is 11.8. The number of carbonyl (C=O) groups excluding carboxylic acids is 1. The maximum Gasteiger partial charge on any atom is 0.224 e. The van der Waals surface area contributed by atoms with Crippen molar-refractivity contribution in [1.82, 2.24) is 10.2 Å². The first-order valence-electron chi connectivity index (χ1n) is 7.36. The van der Waals surface area contributed by atoms with E-state index in [-0.39, 0.29) is 5.91 Å². The van der Waals surface area contributed by atoms with E-state index in [0.717, 1.165) is 51.4 Å². The number of aryl methyl sites for hydroxylation is 1. The van der Waals surface area contributed by atoms with Crippen LogP contribution in [0.1, 0.15) is 17.5 Å². The average Bonchev–Trinajstić information content (AvgIpc) is 2.45. The minimum atomic E-state index is 0.109. The fraction of sp³-hybridized carbons (Fsp3) is 0.562.